The molecule has 7 heteroatoms. The van der Waals surface area contributed by atoms with Gasteiger partial charge in [-0.05, 0) is 39.0 Å². The Balaban J connectivity index is 2.83. The summed E-state index contributed by atoms with van der Waals surface area (Å²) in [5.74, 6) is 0. The number of carbonyl (C=O) groups is 1. The SMILES string of the molecule is CC(C)(C)OC(=O)Nc1ccc(C(F)(F)F)c(Br)c1. The standard InChI is InChI=1S/C12H13BrF3NO2/c1-11(2,3)19-10(18)17-7-4-5-8(9(13)6-7)12(14,15)16/h4-6H,1-3H3,(H,17,18). The molecule has 106 valence electrons. The van der Waals surface area contributed by atoms with Crippen LogP contribution >= 0.6 is 15.9 Å². The van der Waals surface area contributed by atoms with Crippen molar-refractivity contribution in [3.8, 4) is 0 Å². The maximum absolute atomic E-state index is 12.5. The van der Waals surface area contributed by atoms with E-state index < -0.39 is 23.4 Å². The van der Waals surface area contributed by atoms with Gasteiger partial charge in [-0.25, -0.2) is 4.79 Å². The Morgan fingerprint density at radius 3 is 2.26 bits per heavy atom. The molecule has 1 aromatic rings. The molecule has 0 heterocycles. The first-order valence-electron chi connectivity index (χ1n) is 5.36. The van der Waals surface area contributed by atoms with Gasteiger partial charge in [0, 0.05) is 10.2 Å². The summed E-state index contributed by atoms with van der Waals surface area (Å²) in [4.78, 5) is 11.5. The fourth-order valence-electron chi connectivity index (χ4n) is 1.24. The third-order valence-corrected chi connectivity index (χ3v) is 2.58. The maximum Gasteiger partial charge on any atom is 0.417 e. The molecule has 0 saturated heterocycles. The first-order chi connectivity index (χ1) is 8.49. The molecule has 0 spiro atoms. The van der Waals surface area contributed by atoms with Gasteiger partial charge in [0.25, 0.3) is 0 Å². The predicted molar refractivity (Wildman–Crippen MR) is 69.0 cm³/mol. The minimum atomic E-state index is -4.44. The van der Waals surface area contributed by atoms with E-state index in [1.165, 1.54) is 6.07 Å². The minimum absolute atomic E-state index is 0.145. The van der Waals surface area contributed by atoms with Crippen molar-refractivity contribution < 1.29 is 22.7 Å². The fourth-order valence-corrected chi connectivity index (χ4v) is 1.85. The largest absolute Gasteiger partial charge is 0.444 e. The van der Waals surface area contributed by atoms with Crippen molar-refractivity contribution in [1.29, 1.82) is 0 Å². The van der Waals surface area contributed by atoms with Crippen LogP contribution in [0.25, 0.3) is 0 Å². The molecule has 1 N–H and O–H groups in total. The summed E-state index contributed by atoms with van der Waals surface area (Å²) in [6, 6.07) is 3.22. The molecule has 0 saturated carbocycles. The molecule has 0 aliphatic heterocycles. The average Bonchev–Trinajstić information content (AvgIpc) is 2.11. The third kappa shape index (κ3) is 5.10. The first-order valence-corrected chi connectivity index (χ1v) is 6.15. The van der Waals surface area contributed by atoms with Crippen molar-refractivity contribution in [3.05, 3.63) is 28.2 Å². The normalized spacial score (nSPS) is 12.2. The lowest BCUT2D eigenvalue weighted by atomic mass is 10.2. The van der Waals surface area contributed by atoms with Crippen molar-refractivity contribution in [2.45, 2.75) is 32.5 Å². The molecule has 0 unspecified atom stereocenters. The van der Waals surface area contributed by atoms with Crippen LogP contribution in [0.5, 0.6) is 0 Å². The van der Waals surface area contributed by atoms with Gasteiger partial charge < -0.3 is 4.74 Å². The molecule has 3 nitrogen and oxygen atoms in total. The summed E-state index contributed by atoms with van der Waals surface area (Å²) in [6.07, 6.45) is -5.16. The van der Waals surface area contributed by atoms with Crippen molar-refractivity contribution in [1.82, 2.24) is 0 Å². The molecule has 1 aromatic carbocycles. The highest BCUT2D eigenvalue weighted by Crippen LogP contribution is 2.36. The lowest BCUT2D eigenvalue weighted by molar-refractivity contribution is -0.138. The zero-order chi connectivity index (χ0) is 14.8. The van der Waals surface area contributed by atoms with E-state index in [0.29, 0.717) is 0 Å². The van der Waals surface area contributed by atoms with Crippen LogP contribution in [0.4, 0.5) is 23.7 Å². The van der Waals surface area contributed by atoms with Gasteiger partial charge >= 0.3 is 12.3 Å². The van der Waals surface area contributed by atoms with Crippen molar-refractivity contribution in [3.63, 3.8) is 0 Å². The molecular formula is C12H13BrF3NO2. The second-order valence-electron chi connectivity index (χ2n) is 4.82. The fraction of sp³-hybridized carbons (Fsp3) is 0.417. The second-order valence-corrected chi connectivity index (χ2v) is 5.67. The molecule has 0 bridgehead atoms. The molecule has 0 fully saturated rings. The van der Waals surface area contributed by atoms with E-state index in [1.54, 1.807) is 20.8 Å². The summed E-state index contributed by atoms with van der Waals surface area (Å²) >= 11 is 2.82. The summed E-state index contributed by atoms with van der Waals surface area (Å²) in [6.45, 7) is 5.07. The number of carbonyl (C=O) groups excluding carboxylic acids is 1. The zero-order valence-electron chi connectivity index (χ0n) is 10.6. The van der Waals surface area contributed by atoms with Crippen molar-refractivity contribution >= 4 is 27.7 Å². The molecule has 1 rings (SSSR count). The van der Waals surface area contributed by atoms with Gasteiger partial charge in [-0.3, -0.25) is 5.32 Å². The van der Waals surface area contributed by atoms with E-state index in [1.807, 2.05) is 0 Å². The van der Waals surface area contributed by atoms with Crippen LogP contribution in [-0.4, -0.2) is 11.7 Å². The molecule has 0 aliphatic rings. The molecule has 0 atom stereocenters. The van der Waals surface area contributed by atoms with E-state index in [9.17, 15) is 18.0 Å². The third-order valence-electron chi connectivity index (χ3n) is 1.92. The number of amides is 1. The van der Waals surface area contributed by atoms with Crippen LogP contribution in [0, 0.1) is 0 Å². The molecule has 0 aliphatic carbocycles. The Morgan fingerprint density at radius 2 is 1.84 bits per heavy atom. The van der Waals surface area contributed by atoms with E-state index in [2.05, 4.69) is 21.2 Å². The van der Waals surface area contributed by atoms with Gasteiger partial charge in [0.15, 0.2) is 0 Å². The number of ether oxygens (including phenoxy) is 1. The molecule has 0 aromatic heterocycles. The second kappa shape index (κ2) is 5.40. The Morgan fingerprint density at radius 1 is 1.26 bits per heavy atom. The Bertz CT molecular complexity index is 481. The highest BCUT2D eigenvalue weighted by Gasteiger charge is 2.32. The summed E-state index contributed by atoms with van der Waals surface area (Å²) in [5, 5.41) is 2.36. The molecule has 0 radical (unpaired) electrons. The number of hydrogen-bond acceptors (Lipinski definition) is 2. The monoisotopic (exact) mass is 339 g/mol. The van der Waals surface area contributed by atoms with Gasteiger partial charge in [0.1, 0.15) is 5.60 Å². The van der Waals surface area contributed by atoms with Crippen molar-refractivity contribution in [2.24, 2.45) is 0 Å². The van der Waals surface area contributed by atoms with E-state index in [4.69, 9.17) is 4.74 Å². The van der Waals surface area contributed by atoms with Gasteiger partial charge in [-0.1, -0.05) is 15.9 Å². The van der Waals surface area contributed by atoms with E-state index >= 15 is 0 Å². The van der Waals surface area contributed by atoms with Crippen LogP contribution in [0.2, 0.25) is 0 Å². The number of benzene rings is 1. The van der Waals surface area contributed by atoms with Gasteiger partial charge in [-0.2, -0.15) is 13.2 Å². The predicted octanol–water partition coefficient (Wildman–Crippen LogP) is 4.81. The maximum atomic E-state index is 12.5. The lowest BCUT2D eigenvalue weighted by Crippen LogP contribution is -2.27. The zero-order valence-corrected chi connectivity index (χ0v) is 12.1. The molecule has 1 amide bonds. The van der Waals surface area contributed by atoms with Crippen LogP contribution < -0.4 is 5.32 Å². The average molecular weight is 340 g/mol. The Kier molecular flexibility index (Phi) is 4.50. The number of nitrogens with one attached hydrogen (secondary N) is 1. The summed E-state index contributed by atoms with van der Waals surface area (Å²) in [7, 11) is 0. The summed E-state index contributed by atoms with van der Waals surface area (Å²) < 4.78 is 42.4. The molecule has 19 heavy (non-hydrogen) atoms. The van der Waals surface area contributed by atoms with E-state index in [0.717, 1.165) is 12.1 Å². The number of alkyl halides is 3. The Hall–Kier alpha value is -1.24. The Labute approximate surface area is 117 Å². The smallest absolute Gasteiger partial charge is 0.417 e. The van der Waals surface area contributed by atoms with E-state index in [-0.39, 0.29) is 10.2 Å². The van der Waals surface area contributed by atoms with Crippen LogP contribution in [-0.2, 0) is 10.9 Å². The van der Waals surface area contributed by atoms with Crippen LogP contribution in [0.1, 0.15) is 26.3 Å². The topological polar surface area (TPSA) is 38.3 Å². The number of anilines is 1. The van der Waals surface area contributed by atoms with Crippen LogP contribution in [0.15, 0.2) is 22.7 Å². The highest BCUT2D eigenvalue weighted by atomic mass is 79.9. The van der Waals surface area contributed by atoms with Gasteiger partial charge in [0.05, 0.1) is 5.56 Å². The first kappa shape index (κ1) is 15.8. The van der Waals surface area contributed by atoms with Crippen LogP contribution in [0.3, 0.4) is 0 Å². The minimum Gasteiger partial charge on any atom is -0.444 e. The lowest BCUT2D eigenvalue weighted by Gasteiger charge is -2.20. The molecular weight excluding hydrogens is 327 g/mol. The van der Waals surface area contributed by atoms with Gasteiger partial charge in [-0.15, -0.1) is 0 Å². The number of hydrogen-bond donors (Lipinski definition) is 1. The quantitative estimate of drug-likeness (QED) is 0.796. The number of rotatable bonds is 1. The van der Waals surface area contributed by atoms with Crippen molar-refractivity contribution in [2.75, 3.05) is 5.32 Å². The highest BCUT2D eigenvalue weighted by molar-refractivity contribution is 9.10. The number of halogens is 4. The summed E-state index contributed by atoms with van der Waals surface area (Å²) in [5.41, 5.74) is -1.26. The van der Waals surface area contributed by atoms with Gasteiger partial charge in [0.2, 0.25) is 0 Å².